The lowest BCUT2D eigenvalue weighted by atomic mass is 10.1. The maximum Gasteiger partial charge on any atom is 0.410 e. The van der Waals surface area contributed by atoms with E-state index in [1.807, 2.05) is 60.0 Å². The Kier molecular flexibility index (Phi) is 8.65. The molecule has 3 aromatic carbocycles. The normalized spacial score (nSPS) is 13.4. The van der Waals surface area contributed by atoms with Crippen LogP contribution in [-0.4, -0.2) is 58.4 Å². The van der Waals surface area contributed by atoms with E-state index in [0.717, 1.165) is 63.7 Å². The van der Waals surface area contributed by atoms with Crippen LogP contribution >= 0.6 is 0 Å². The summed E-state index contributed by atoms with van der Waals surface area (Å²) in [6, 6.07) is 30.6. The van der Waals surface area contributed by atoms with Gasteiger partial charge in [0.1, 0.15) is 12.4 Å². The molecule has 0 N–H and O–H groups in total. The molecule has 1 fully saturated rings. The predicted molar refractivity (Wildman–Crippen MR) is 169 cm³/mol. The molecule has 220 valence electrons. The van der Waals surface area contributed by atoms with Crippen molar-refractivity contribution in [3.63, 3.8) is 0 Å². The Labute approximate surface area is 252 Å². The van der Waals surface area contributed by atoms with E-state index in [9.17, 15) is 4.79 Å². The SMILES string of the molecule is CCCOCc1cccc(-c2cc(N3CCN(C(=O)OCc4ccccc4)CC3)n3nc(C)c(-c4ccccc4)c3n2)c1. The number of benzene rings is 3. The van der Waals surface area contributed by atoms with E-state index in [-0.39, 0.29) is 12.7 Å². The number of rotatable bonds is 9. The second kappa shape index (κ2) is 13.1. The van der Waals surface area contributed by atoms with Gasteiger partial charge in [-0.1, -0.05) is 85.8 Å². The van der Waals surface area contributed by atoms with Crippen LogP contribution in [0.25, 0.3) is 28.0 Å². The number of hydrogen-bond donors (Lipinski definition) is 0. The molecule has 6 rings (SSSR count). The maximum atomic E-state index is 12.8. The van der Waals surface area contributed by atoms with E-state index < -0.39 is 0 Å². The molecule has 1 amide bonds. The molecule has 8 heteroatoms. The zero-order chi connectivity index (χ0) is 29.6. The van der Waals surface area contributed by atoms with Gasteiger partial charge in [-0.15, -0.1) is 0 Å². The maximum absolute atomic E-state index is 12.8. The van der Waals surface area contributed by atoms with Gasteiger partial charge in [0.2, 0.25) is 0 Å². The van der Waals surface area contributed by atoms with Gasteiger partial charge in [0, 0.05) is 50.0 Å². The van der Waals surface area contributed by atoms with Crippen LogP contribution in [0.2, 0.25) is 0 Å². The van der Waals surface area contributed by atoms with Crippen molar-refractivity contribution in [2.45, 2.75) is 33.5 Å². The van der Waals surface area contributed by atoms with Gasteiger partial charge in [0.05, 0.1) is 18.0 Å². The Morgan fingerprint density at radius 3 is 2.26 bits per heavy atom. The topological polar surface area (TPSA) is 72.2 Å². The summed E-state index contributed by atoms with van der Waals surface area (Å²) in [5, 5.41) is 4.97. The summed E-state index contributed by atoms with van der Waals surface area (Å²) < 4.78 is 13.4. The Morgan fingerprint density at radius 2 is 1.51 bits per heavy atom. The van der Waals surface area contributed by atoms with E-state index in [0.29, 0.717) is 32.8 Å². The number of fused-ring (bicyclic) bond motifs is 1. The molecule has 0 radical (unpaired) electrons. The van der Waals surface area contributed by atoms with Gasteiger partial charge in [-0.3, -0.25) is 0 Å². The van der Waals surface area contributed by atoms with Crippen molar-refractivity contribution in [1.29, 1.82) is 0 Å². The second-order valence-corrected chi connectivity index (χ2v) is 10.8. The van der Waals surface area contributed by atoms with E-state index in [1.54, 1.807) is 4.90 Å². The van der Waals surface area contributed by atoms with Crippen LogP contribution in [0.1, 0.15) is 30.2 Å². The van der Waals surface area contributed by atoms with Gasteiger partial charge in [-0.05, 0) is 36.1 Å². The second-order valence-electron chi connectivity index (χ2n) is 10.8. The number of amides is 1. The van der Waals surface area contributed by atoms with E-state index >= 15 is 0 Å². The van der Waals surface area contributed by atoms with E-state index in [2.05, 4.69) is 54.3 Å². The smallest absolute Gasteiger partial charge is 0.410 e. The highest BCUT2D eigenvalue weighted by Gasteiger charge is 2.26. The van der Waals surface area contributed by atoms with Crippen LogP contribution in [0.5, 0.6) is 0 Å². The molecule has 0 bridgehead atoms. The number of piperazine rings is 1. The number of nitrogens with zero attached hydrogens (tertiary/aromatic N) is 5. The van der Waals surface area contributed by atoms with Crippen LogP contribution in [0, 0.1) is 6.92 Å². The molecule has 0 aliphatic carbocycles. The summed E-state index contributed by atoms with van der Waals surface area (Å²) >= 11 is 0. The first-order chi connectivity index (χ1) is 21.1. The lowest BCUT2D eigenvalue weighted by Gasteiger charge is -2.35. The van der Waals surface area contributed by atoms with Crippen molar-refractivity contribution in [3.05, 3.63) is 108 Å². The minimum absolute atomic E-state index is 0.269. The molecule has 8 nitrogen and oxygen atoms in total. The lowest BCUT2D eigenvalue weighted by Crippen LogP contribution is -2.49. The molecule has 0 spiro atoms. The summed E-state index contributed by atoms with van der Waals surface area (Å²) in [5.74, 6) is 0.954. The third-order valence-electron chi connectivity index (χ3n) is 7.71. The van der Waals surface area contributed by atoms with Gasteiger partial charge in [0.15, 0.2) is 5.65 Å². The number of anilines is 1. The highest BCUT2D eigenvalue weighted by molar-refractivity contribution is 5.83. The highest BCUT2D eigenvalue weighted by Crippen LogP contribution is 2.33. The summed E-state index contributed by atoms with van der Waals surface area (Å²) in [4.78, 5) is 22.1. The number of carbonyl (C=O) groups excluding carboxylic acids is 1. The summed E-state index contributed by atoms with van der Waals surface area (Å²) in [6.45, 7) is 8.15. The fraction of sp³-hybridized carbons (Fsp3) is 0.286. The molecule has 0 saturated carbocycles. The number of hydrogen-bond acceptors (Lipinski definition) is 6. The quantitative estimate of drug-likeness (QED) is 0.181. The van der Waals surface area contributed by atoms with Crippen LogP contribution < -0.4 is 4.90 Å². The first-order valence-corrected chi connectivity index (χ1v) is 14.9. The van der Waals surface area contributed by atoms with Gasteiger partial charge in [-0.2, -0.15) is 9.61 Å². The minimum atomic E-state index is -0.285. The van der Waals surface area contributed by atoms with Crippen molar-refractivity contribution in [3.8, 4) is 22.4 Å². The monoisotopic (exact) mass is 575 g/mol. The molecule has 0 unspecified atom stereocenters. The van der Waals surface area contributed by atoms with Crippen LogP contribution in [0.4, 0.5) is 10.6 Å². The molecule has 43 heavy (non-hydrogen) atoms. The third kappa shape index (κ3) is 6.39. The third-order valence-corrected chi connectivity index (χ3v) is 7.71. The number of aryl methyl sites for hydroxylation is 1. The van der Waals surface area contributed by atoms with Gasteiger partial charge in [-0.25, -0.2) is 9.78 Å². The molecule has 2 aromatic heterocycles. The average molecular weight is 576 g/mol. The largest absolute Gasteiger partial charge is 0.445 e. The molecule has 0 atom stereocenters. The fourth-order valence-electron chi connectivity index (χ4n) is 5.51. The zero-order valence-corrected chi connectivity index (χ0v) is 24.8. The number of aromatic nitrogens is 3. The first kappa shape index (κ1) is 28.4. The Hall–Kier alpha value is -4.69. The van der Waals surface area contributed by atoms with Crippen molar-refractivity contribution < 1.29 is 14.3 Å². The van der Waals surface area contributed by atoms with Crippen molar-refractivity contribution in [2.75, 3.05) is 37.7 Å². The summed E-state index contributed by atoms with van der Waals surface area (Å²) in [7, 11) is 0. The lowest BCUT2D eigenvalue weighted by molar-refractivity contribution is 0.0941. The van der Waals surface area contributed by atoms with Crippen LogP contribution in [-0.2, 0) is 22.7 Å². The number of ether oxygens (including phenoxy) is 2. The van der Waals surface area contributed by atoms with Crippen molar-refractivity contribution in [1.82, 2.24) is 19.5 Å². The van der Waals surface area contributed by atoms with Crippen LogP contribution in [0.15, 0.2) is 91.0 Å². The first-order valence-electron chi connectivity index (χ1n) is 14.9. The predicted octanol–water partition coefficient (Wildman–Crippen LogP) is 6.76. The highest BCUT2D eigenvalue weighted by atomic mass is 16.6. The number of carbonyl (C=O) groups is 1. The van der Waals surface area contributed by atoms with Crippen molar-refractivity contribution >= 4 is 17.6 Å². The Balaban J connectivity index is 1.30. The zero-order valence-electron chi connectivity index (χ0n) is 24.8. The molecule has 1 aliphatic rings. The van der Waals surface area contributed by atoms with Gasteiger partial charge < -0.3 is 19.3 Å². The van der Waals surface area contributed by atoms with Gasteiger partial charge in [0.25, 0.3) is 0 Å². The Bertz CT molecular complexity index is 1680. The summed E-state index contributed by atoms with van der Waals surface area (Å²) in [5.41, 5.74) is 7.84. The molecule has 1 aliphatic heterocycles. The molecular formula is C35H37N5O3. The fourth-order valence-corrected chi connectivity index (χ4v) is 5.51. The van der Waals surface area contributed by atoms with E-state index in [4.69, 9.17) is 19.6 Å². The average Bonchev–Trinajstić information content (AvgIpc) is 3.40. The minimum Gasteiger partial charge on any atom is -0.445 e. The molecule has 1 saturated heterocycles. The van der Waals surface area contributed by atoms with Crippen molar-refractivity contribution in [2.24, 2.45) is 0 Å². The van der Waals surface area contributed by atoms with Gasteiger partial charge >= 0.3 is 6.09 Å². The standard InChI is InChI=1S/C35H37N5O3/c1-3-21-42-24-28-13-10-16-30(22-28)31-23-32(40-34(36-31)33(26(2)37-40)29-14-8-5-9-15-29)38-17-19-39(20-18-38)35(41)43-25-27-11-6-4-7-12-27/h4-16,22-23H,3,17-21,24-25H2,1-2H3. The Morgan fingerprint density at radius 1 is 0.814 bits per heavy atom. The molecule has 3 heterocycles. The summed E-state index contributed by atoms with van der Waals surface area (Å²) in [6.07, 6.45) is 0.703. The molecule has 5 aromatic rings. The van der Waals surface area contributed by atoms with E-state index in [1.165, 1.54) is 0 Å². The molecular weight excluding hydrogens is 538 g/mol. The van der Waals surface area contributed by atoms with Crippen LogP contribution in [0.3, 0.4) is 0 Å².